The molecular formula is C22H30N6O2S. The van der Waals surface area contributed by atoms with E-state index < -0.39 is 0 Å². The van der Waals surface area contributed by atoms with Gasteiger partial charge in [0.1, 0.15) is 6.61 Å². The van der Waals surface area contributed by atoms with Crippen LogP contribution in [0.3, 0.4) is 0 Å². The summed E-state index contributed by atoms with van der Waals surface area (Å²) in [6, 6.07) is 10.1. The second-order valence-corrected chi connectivity index (χ2v) is 8.37. The molecule has 0 unspecified atom stereocenters. The molecule has 0 bridgehead atoms. The van der Waals surface area contributed by atoms with E-state index in [4.69, 9.17) is 15.2 Å². The molecule has 9 heteroatoms. The van der Waals surface area contributed by atoms with Crippen molar-refractivity contribution in [2.24, 2.45) is 0 Å². The number of rotatable bonds is 10. The molecule has 0 saturated carbocycles. The minimum Gasteiger partial charge on any atom is -0.493 e. The second-order valence-electron chi connectivity index (χ2n) is 7.34. The zero-order chi connectivity index (χ0) is 22.4. The van der Waals surface area contributed by atoms with Gasteiger partial charge in [0, 0.05) is 25.5 Å². The molecule has 0 saturated heterocycles. The Labute approximate surface area is 187 Å². The van der Waals surface area contributed by atoms with Crippen LogP contribution < -0.4 is 20.1 Å². The number of benzene rings is 1. The Morgan fingerprint density at radius 2 is 1.94 bits per heavy atom. The number of hydrogen-bond donors (Lipinski definition) is 1. The summed E-state index contributed by atoms with van der Waals surface area (Å²) >= 11 is 1.67. The van der Waals surface area contributed by atoms with E-state index >= 15 is 0 Å². The van der Waals surface area contributed by atoms with E-state index in [-0.39, 0.29) is 12.0 Å². The minimum absolute atomic E-state index is 0.0326. The van der Waals surface area contributed by atoms with Gasteiger partial charge in [-0.25, -0.2) is 0 Å². The van der Waals surface area contributed by atoms with Crippen LogP contribution in [0.5, 0.6) is 11.5 Å². The highest BCUT2D eigenvalue weighted by Crippen LogP contribution is 2.31. The van der Waals surface area contributed by atoms with Gasteiger partial charge in [0.25, 0.3) is 0 Å². The SMILES string of the molecule is CCN(Cc1ccc(OCc2cccs2)c(OC)c1)[C@@H](C)c1nc(N)nc(N(C)C)n1. The largest absolute Gasteiger partial charge is 0.493 e. The van der Waals surface area contributed by atoms with Gasteiger partial charge in [-0.2, -0.15) is 15.0 Å². The highest BCUT2D eigenvalue weighted by Gasteiger charge is 2.20. The summed E-state index contributed by atoms with van der Waals surface area (Å²) in [4.78, 5) is 18.4. The monoisotopic (exact) mass is 442 g/mol. The molecule has 8 nitrogen and oxygen atoms in total. The van der Waals surface area contributed by atoms with Gasteiger partial charge in [-0.1, -0.05) is 19.1 Å². The molecule has 166 valence electrons. The number of nitrogens with zero attached hydrogens (tertiary/aromatic N) is 5. The smallest absolute Gasteiger partial charge is 0.229 e. The summed E-state index contributed by atoms with van der Waals surface area (Å²) in [5.41, 5.74) is 7.02. The van der Waals surface area contributed by atoms with E-state index in [9.17, 15) is 0 Å². The van der Waals surface area contributed by atoms with Gasteiger partial charge in [0.05, 0.1) is 13.2 Å². The molecule has 0 spiro atoms. The van der Waals surface area contributed by atoms with E-state index in [1.165, 1.54) is 4.88 Å². The van der Waals surface area contributed by atoms with E-state index in [1.54, 1.807) is 18.4 Å². The van der Waals surface area contributed by atoms with Gasteiger partial charge < -0.3 is 20.1 Å². The molecule has 31 heavy (non-hydrogen) atoms. The summed E-state index contributed by atoms with van der Waals surface area (Å²) in [5, 5.41) is 2.04. The van der Waals surface area contributed by atoms with Crippen LogP contribution in [0.25, 0.3) is 0 Å². The Hall–Kier alpha value is -2.91. The number of nitrogens with two attached hydrogens (primary N) is 1. The fraction of sp³-hybridized carbons (Fsp3) is 0.409. The first kappa shape index (κ1) is 22.8. The van der Waals surface area contributed by atoms with Crippen LogP contribution in [-0.4, -0.2) is 47.6 Å². The van der Waals surface area contributed by atoms with E-state index in [0.717, 1.165) is 23.6 Å². The predicted octanol–water partition coefficient (Wildman–Crippen LogP) is 3.75. The Morgan fingerprint density at radius 3 is 2.58 bits per heavy atom. The molecule has 2 N–H and O–H groups in total. The minimum atomic E-state index is -0.0326. The topological polar surface area (TPSA) is 89.6 Å². The summed E-state index contributed by atoms with van der Waals surface area (Å²) < 4.78 is 11.5. The van der Waals surface area contributed by atoms with Crippen molar-refractivity contribution in [3.05, 3.63) is 52.0 Å². The fourth-order valence-electron chi connectivity index (χ4n) is 3.18. The molecule has 0 amide bonds. The number of nitrogen functional groups attached to an aromatic ring is 1. The maximum absolute atomic E-state index is 5.95. The van der Waals surface area contributed by atoms with E-state index in [2.05, 4.69) is 45.8 Å². The molecule has 0 aliphatic rings. The lowest BCUT2D eigenvalue weighted by Gasteiger charge is -2.27. The molecule has 0 aliphatic carbocycles. The van der Waals surface area contributed by atoms with Crippen molar-refractivity contribution in [2.45, 2.75) is 33.0 Å². The van der Waals surface area contributed by atoms with Crippen molar-refractivity contribution in [2.75, 3.05) is 38.4 Å². The molecule has 0 fully saturated rings. The molecule has 3 rings (SSSR count). The molecule has 3 aromatic rings. The summed E-state index contributed by atoms with van der Waals surface area (Å²) in [5.74, 6) is 2.89. The number of aromatic nitrogens is 3. The van der Waals surface area contributed by atoms with Gasteiger partial charge in [0.2, 0.25) is 11.9 Å². The summed E-state index contributed by atoms with van der Waals surface area (Å²) in [6.45, 7) is 6.25. The Bertz CT molecular complexity index is 980. The third kappa shape index (κ3) is 5.83. The number of anilines is 2. The average molecular weight is 443 g/mol. The summed E-state index contributed by atoms with van der Waals surface area (Å²) in [7, 11) is 5.43. The van der Waals surface area contributed by atoms with Crippen molar-refractivity contribution in [1.82, 2.24) is 19.9 Å². The van der Waals surface area contributed by atoms with Gasteiger partial charge in [-0.3, -0.25) is 4.90 Å². The zero-order valence-corrected chi connectivity index (χ0v) is 19.5. The number of hydrogen-bond acceptors (Lipinski definition) is 9. The lowest BCUT2D eigenvalue weighted by Crippen LogP contribution is -2.29. The second kappa shape index (κ2) is 10.4. The van der Waals surface area contributed by atoms with Crippen molar-refractivity contribution >= 4 is 23.2 Å². The first-order valence-electron chi connectivity index (χ1n) is 10.2. The lowest BCUT2D eigenvalue weighted by atomic mass is 10.1. The first-order chi connectivity index (χ1) is 14.9. The first-order valence-corrected chi connectivity index (χ1v) is 11.0. The van der Waals surface area contributed by atoms with Crippen LogP contribution in [0.2, 0.25) is 0 Å². The Balaban J connectivity index is 1.75. The number of thiophene rings is 1. The van der Waals surface area contributed by atoms with Crippen LogP contribution in [0.1, 0.15) is 36.2 Å². The van der Waals surface area contributed by atoms with Crippen molar-refractivity contribution < 1.29 is 9.47 Å². The highest BCUT2D eigenvalue weighted by atomic mass is 32.1. The van der Waals surface area contributed by atoms with Crippen molar-refractivity contribution in [1.29, 1.82) is 0 Å². The normalized spacial score (nSPS) is 12.1. The highest BCUT2D eigenvalue weighted by molar-refractivity contribution is 7.09. The van der Waals surface area contributed by atoms with Crippen LogP contribution in [0.4, 0.5) is 11.9 Å². The maximum Gasteiger partial charge on any atom is 0.229 e. The van der Waals surface area contributed by atoms with E-state index in [1.807, 2.05) is 42.6 Å². The molecule has 2 heterocycles. The quantitative estimate of drug-likeness (QED) is 0.508. The number of methoxy groups -OCH3 is 1. The molecule has 0 aliphatic heterocycles. The van der Waals surface area contributed by atoms with Gasteiger partial charge >= 0.3 is 0 Å². The van der Waals surface area contributed by atoms with E-state index in [0.29, 0.717) is 24.9 Å². The lowest BCUT2D eigenvalue weighted by molar-refractivity contribution is 0.204. The molecule has 2 aromatic heterocycles. The van der Waals surface area contributed by atoms with Crippen LogP contribution >= 0.6 is 11.3 Å². The van der Waals surface area contributed by atoms with Gasteiger partial charge in [-0.15, -0.1) is 11.3 Å². The fourth-order valence-corrected chi connectivity index (χ4v) is 3.79. The zero-order valence-electron chi connectivity index (χ0n) is 18.7. The molecular weight excluding hydrogens is 412 g/mol. The van der Waals surface area contributed by atoms with Gasteiger partial charge in [-0.05, 0) is 42.6 Å². The maximum atomic E-state index is 5.95. The third-order valence-electron chi connectivity index (χ3n) is 4.95. The van der Waals surface area contributed by atoms with Gasteiger partial charge in [0.15, 0.2) is 17.3 Å². The van der Waals surface area contributed by atoms with Crippen molar-refractivity contribution in [3.8, 4) is 11.5 Å². The van der Waals surface area contributed by atoms with Crippen LogP contribution in [0.15, 0.2) is 35.7 Å². The standard InChI is InChI=1S/C22H30N6O2S/c1-6-28(15(2)20-24-21(23)26-22(25-20)27(3)4)13-16-9-10-18(19(12-16)29-5)30-14-17-8-7-11-31-17/h7-12,15H,6,13-14H2,1-5H3,(H2,23,24,25,26)/t15-/m0/s1. The third-order valence-corrected chi connectivity index (χ3v) is 5.80. The Kier molecular flexibility index (Phi) is 7.64. The molecule has 0 radical (unpaired) electrons. The average Bonchev–Trinajstić information content (AvgIpc) is 3.29. The van der Waals surface area contributed by atoms with Crippen LogP contribution in [0, 0.1) is 0 Å². The van der Waals surface area contributed by atoms with Crippen molar-refractivity contribution in [3.63, 3.8) is 0 Å². The number of ether oxygens (including phenoxy) is 2. The summed E-state index contributed by atoms with van der Waals surface area (Å²) in [6.07, 6.45) is 0. The molecule has 1 atom stereocenters. The van der Waals surface area contributed by atoms with Crippen LogP contribution in [-0.2, 0) is 13.2 Å². The Morgan fingerprint density at radius 1 is 1.13 bits per heavy atom. The predicted molar refractivity (Wildman–Crippen MR) is 125 cm³/mol. The molecule has 1 aromatic carbocycles.